The molecule has 0 saturated heterocycles. The van der Waals surface area contributed by atoms with Crippen molar-refractivity contribution in [2.75, 3.05) is 13.2 Å². The molecule has 0 bridgehead atoms. The topological polar surface area (TPSA) is 38.3 Å². The van der Waals surface area contributed by atoms with E-state index in [0.29, 0.717) is 23.6 Å². The summed E-state index contributed by atoms with van der Waals surface area (Å²) in [4.78, 5) is 12.1. The molecule has 1 aliphatic rings. The fraction of sp³-hybridized carbons (Fsp3) is 0.160. The molecule has 152 valence electrons. The summed E-state index contributed by atoms with van der Waals surface area (Å²) in [6.07, 6.45) is 3.71. The summed E-state index contributed by atoms with van der Waals surface area (Å²) in [7, 11) is 0. The highest BCUT2D eigenvalue weighted by Crippen LogP contribution is 2.44. The molecular formula is C25H21ClFNO2. The molecule has 0 unspecified atom stereocenters. The highest BCUT2D eigenvalue weighted by Gasteiger charge is 2.28. The first-order valence-electron chi connectivity index (χ1n) is 9.84. The van der Waals surface area contributed by atoms with Crippen LogP contribution >= 0.6 is 11.6 Å². The van der Waals surface area contributed by atoms with Crippen LogP contribution in [0.2, 0.25) is 5.02 Å². The summed E-state index contributed by atoms with van der Waals surface area (Å²) in [5.41, 5.74) is 5.37. The van der Waals surface area contributed by atoms with E-state index in [4.69, 9.17) is 16.3 Å². The van der Waals surface area contributed by atoms with Gasteiger partial charge in [0.05, 0.1) is 0 Å². The van der Waals surface area contributed by atoms with Crippen molar-refractivity contribution in [3.05, 3.63) is 100 Å². The smallest absolute Gasteiger partial charge is 0.407 e. The van der Waals surface area contributed by atoms with Gasteiger partial charge >= 0.3 is 6.09 Å². The van der Waals surface area contributed by atoms with Crippen molar-refractivity contribution in [2.45, 2.75) is 12.3 Å². The van der Waals surface area contributed by atoms with Gasteiger partial charge in [-0.25, -0.2) is 9.18 Å². The highest BCUT2D eigenvalue weighted by molar-refractivity contribution is 6.32. The number of carbonyl (C=O) groups excluding carboxylic acids is 1. The van der Waals surface area contributed by atoms with Gasteiger partial charge in [-0.15, -0.1) is 0 Å². The van der Waals surface area contributed by atoms with Crippen LogP contribution < -0.4 is 5.32 Å². The molecule has 5 heteroatoms. The maximum absolute atomic E-state index is 13.3. The van der Waals surface area contributed by atoms with E-state index in [0.717, 1.165) is 0 Å². The number of rotatable bonds is 6. The first-order chi connectivity index (χ1) is 14.6. The van der Waals surface area contributed by atoms with E-state index in [1.165, 1.54) is 40.5 Å². The summed E-state index contributed by atoms with van der Waals surface area (Å²) in [5.74, 6) is -0.297. The molecule has 3 aromatic carbocycles. The Kier molecular flexibility index (Phi) is 6.15. The first kappa shape index (κ1) is 20.2. The fourth-order valence-corrected chi connectivity index (χ4v) is 3.94. The molecule has 0 heterocycles. The predicted molar refractivity (Wildman–Crippen MR) is 118 cm³/mol. The van der Waals surface area contributed by atoms with Crippen LogP contribution in [0.5, 0.6) is 0 Å². The Morgan fingerprint density at radius 1 is 1.03 bits per heavy atom. The van der Waals surface area contributed by atoms with Crippen LogP contribution in [0.4, 0.5) is 9.18 Å². The van der Waals surface area contributed by atoms with Crippen LogP contribution in [-0.4, -0.2) is 19.2 Å². The maximum atomic E-state index is 13.3. The summed E-state index contributed by atoms with van der Waals surface area (Å²) in [5, 5.41) is 3.23. The molecule has 0 radical (unpaired) electrons. The number of alkyl carbamates (subject to hydrolysis) is 1. The molecule has 4 rings (SSSR count). The SMILES string of the molecule is O=C(NCCC=Cc1cc(F)ccc1Cl)OCC1c2ccccc2-c2ccccc21. The van der Waals surface area contributed by atoms with E-state index in [1.807, 2.05) is 30.3 Å². The van der Waals surface area contributed by atoms with E-state index in [9.17, 15) is 9.18 Å². The van der Waals surface area contributed by atoms with Crippen LogP contribution in [0, 0.1) is 5.82 Å². The van der Waals surface area contributed by atoms with Crippen molar-refractivity contribution < 1.29 is 13.9 Å². The van der Waals surface area contributed by atoms with Gasteiger partial charge in [0, 0.05) is 17.5 Å². The normalized spacial score (nSPS) is 12.6. The lowest BCUT2D eigenvalue weighted by atomic mass is 9.98. The largest absolute Gasteiger partial charge is 0.449 e. The summed E-state index contributed by atoms with van der Waals surface area (Å²) < 4.78 is 18.8. The molecule has 1 amide bonds. The third kappa shape index (κ3) is 4.39. The summed E-state index contributed by atoms with van der Waals surface area (Å²) >= 11 is 6.03. The summed E-state index contributed by atoms with van der Waals surface area (Å²) in [6.45, 7) is 0.703. The monoisotopic (exact) mass is 421 g/mol. The second-order valence-electron chi connectivity index (χ2n) is 7.11. The minimum Gasteiger partial charge on any atom is -0.449 e. The van der Waals surface area contributed by atoms with Crippen molar-refractivity contribution in [1.82, 2.24) is 5.32 Å². The Bertz CT molecular complexity index is 1050. The van der Waals surface area contributed by atoms with Crippen molar-refractivity contribution in [3.8, 4) is 11.1 Å². The van der Waals surface area contributed by atoms with Gasteiger partial charge in [0.1, 0.15) is 12.4 Å². The van der Waals surface area contributed by atoms with E-state index in [1.54, 1.807) is 6.08 Å². The van der Waals surface area contributed by atoms with E-state index in [2.05, 4.69) is 29.6 Å². The van der Waals surface area contributed by atoms with Crippen molar-refractivity contribution in [1.29, 1.82) is 0 Å². The zero-order valence-corrected chi connectivity index (χ0v) is 17.0. The average Bonchev–Trinajstić information content (AvgIpc) is 3.08. The van der Waals surface area contributed by atoms with Gasteiger partial charge in [0.15, 0.2) is 0 Å². The number of benzene rings is 3. The van der Waals surface area contributed by atoms with Crippen LogP contribution in [-0.2, 0) is 4.74 Å². The Hall–Kier alpha value is -3.11. The van der Waals surface area contributed by atoms with Crippen LogP contribution in [0.15, 0.2) is 72.8 Å². The maximum Gasteiger partial charge on any atom is 0.407 e. The number of hydrogen-bond donors (Lipinski definition) is 1. The van der Waals surface area contributed by atoms with Crippen LogP contribution in [0.25, 0.3) is 17.2 Å². The van der Waals surface area contributed by atoms with Crippen molar-refractivity contribution >= 4 is 23.8 Å². The van der Waals surface area contributed by atoms with Gasteiger partial charge in [-0.05, 0) is 52.4 Å². The quantitative estimate of drug-likeness (QED) is 0.466. The Labute approximate surface area is 180 Å². The molecular weight excluding hydrogens is 401 g/mol. The van der Waals surface area contributed by atoms with Crippen LogP contribution in [0.3, 0.4) is 0 Å². The number of nitrogens with one attached hydrogen (secondary N) is 1. The molecule has 1 aliphatic carbocycles. The first-order valence-corrected chi connectivity index (χ1v) is 10.2. The zero-order chi connectivity index (χ0) is 20.9. The average molecular weight is 422 g/mol. The second kappa shape index (κ2) is 9.14. The van der Waals surface area contributed by atoms with Crippen LogP contribution in [0.1, 0.15) is 29.0 Å². The molecule has 30 heavy (non-hydrogen) atoms. The predicted octanol–water partition coefficient (Wildman–Crippen LogP) is 6.42. The summed E-state index contributed by atoms with van der Waals surface area (Å²) in [6, 6.07) is 20.7. The van der Waals surface area contributed by atoms with Crippen molar-refractivity contribution in [3.63, 3.8) is 0 Å². The number of hydrogen-bond acceptors (Lipinski definition) is 2. The number of ether oxygens (including phenoxy) is 1. The third-order valence-corrected chi connectivity index (χ3v) is 5.52. The molecule has 0 aromatic heterocycles. The van der Waals surface area contributed by atoms with Gasteiger partial charge in [-0.3, -0.25) is 0 Å². The second-order valence-corrected chi connectivity index (χ2v) is 7.52. The van der Waals surface area contributed by atoms with Gasteiger partial charge in [-0.1, -0.05) is 72.3 Å². The van der Waals surface area contributed by atoms with Gasteiger partial charge < -0.3 is 10.1 Å². The molecule has 0 atom stereocenters. The van der Waals surface area contributed by atoms with Crippen molar-refractivity contribution in [2.24, 2.45) is 0 Å². The molecule has 1 N–H and O–H groups in total. The Morgan fingerprint density at radius 2 is 1.70 bits per heavy atom. The molecule has 0 aliphatic heterocycles. The molecule has 3 nitrogen and oxygen atoms in total. The van der Waals surface area contributed by atoms with Gasteiger partial charge in [0.2, 0.25) is 0 Å². The standard InChI is InChI=1S/C25H21ClFNO2/c26-24-13-12-18(27)15-17(24)7-5-6-14-28-25(29)30-16-23-21-10-3-1-8-19(21)20-9-2-4-11-22(20)23/h1-5,7-13,15,23H,6,14,16H2,(H,28,29). The zero-order valence-electron chi connectivity index (χ0n) is 16.3. The van der Waals surface area contributed by atoms with E-state index < -0.39 is 6.09 Å². The minimum atomic E-state index is -0.450. The lowest BCUT2D eigenvalue weighted by Crippen LogP contribution is -2.26. The lowest BCUT2D eigenvalue weighted by Gasteiger charge is -2.14. The Morgan fingerprint density at radius 3 is 2.40 bits per heavy atom. The molecule has 0 fully saturated rings. The number of fused-ring (bicyclic) bond motifs is 3. The van der Waals surface area contributed by atoms with E-state index >= 15 is 0 Å². The number of carbonyl (C=O) groups is 1. The Balaban J connectivity index is 1.28. The minimum absolute atomic E-state index is 0.0400. The molecule has 0 saturated carbocycles. The molecule has 0 spiro atoms. The third-order valence-electron chi connectivity index (χ3n) is 5.18. The van der Waals surface area contributed by atoms with E-state index in [-0.39, 0.29) is 18.3 Å². The molecule has 3 aromatic rings. The number of amides is 1. The number of halogens is 2. The van der Waals surface area contributed by atoms with Gasteiger partial charge in [0.25, 0.3) is 0 Å². The highest BCUT2D eigenvalue weighted by atomic mass is 35.5. The van der Waals surface area contributed by atoms with Gasteiger partial charge in [-0.2, -0.15) is 0 Å². The lowest BCUT2D eigenvalue weighted by molar-refractivity contribution is 0.143. The fourth-order valence-electron chi connectivity index (χ4n) is 3.76.